The Balaban J connectivity index is 1.64. The number of hydrogen-bond donors (Lipinski definition) is 1. The molecule has 0 aromatic carbocycles. The molecule has 0 amide bonds. The van der Waals surface area contributed by atoms with Gasteiger partial charge in [-0.2, -0.15) is 13.2 Å². The molecule has 0 aromatic rings. The molecule has 166 valence electrons. The highest BCUT2D eigenvalue weighted by molar-refractivity contribution is 5.82. The maximum absolute atomic E-state index is 13.6. The van der Waals surface area contributed by atoms with Crippen LogP contribution in [0.4, 0.5) is 13.2 Å². The van der Waals surface area contributed by atoms with Crippen LogP contribution in [-0.2, 0) is 0 Å². The van der Waals surface area contributed by atoms with Gasteiger partial charge in [0.1, 0.15) is 0 Å². The van der Waals surface area contributed by atoms with Crippen LogP contribution in [0, 0.1) is 41.4 Å². The summed E-state index contributed by atoms with van der Waals surface area (Å²) in [6.45, 7) is 7.19. The van der Waals surface area contributed by atoms with E-state index in [-0.39, 0.29) is 36.5 Å². The average Bonchev–Trinajstić information content (AvgIpc) is 2.68. The standard InChI is InChI=1S/C24H38F3NO/c1-15-4-7-19(10-16(15)2)23(29)9-6-18-11-21(13-22(12-18)24(25,26)27)20-8-5-17(3)28-14-20/h6,9,15-16,18-23,29H,4-5,7-8,10-14H2,1-3H3. The van der Waals surface area contributed by atoms with E-state index in [2.05, 4.69) is 18.8 Å². The van der Waals surface area contributed by atoms with Gasteiger partial charge in [0.2, 0.25) is 0 Å². The van der Waals surface area contributed by atoms with Crippen molar-refractivity contribution >= 4 is 5.71 Å². The Morgan fingerprint density at radius 1 is 1.00 bits per heavy atom. The Kier molecular flexibility index (Phi) is 7.51. The van der Waals surface area contributed by atoms with Gasteiger partial charge in [-0.05, 0) is 87.4 Å². The van der Waals surface area contributed by atoms with Crippen LogP contribution in [0.5, 0.6) is 0 Å². The van der Waals surface area contributed by atoms with E-state index < -0.39 is 18.2 Å². The monoisotopic (exact) mass is 413 g/mol. The van der Waals surface area contributed by atoms with Crippen molar-refractivity contribution in [3.8, 4) is 0 Å². The van der Waals surface area contributed by atoms with Crippen LogP contribution in [0.1, 0.15) is 72.1 Å². The van der Waals surface area contributed by atoms with Crippen LogP contribution >= 0.6 is 0 Å². The van der Waals surface area contributed by atoms with Crippen LogP contribution in [0.25, 0.3) is 0 Å². The molecule has 8 atom stereocenters. The largest absolute Gasteiger partial charge is 0.391 e. The predicted molar refractivity (Wildman–Crippen MR) is 112 cm³/mol. The lowest BCUT2D eigenvalue weighted by Crippen LogP contribution is -2.36. The minimum Gasteiger partial charge on any atom is -0.389 e. The van der Waals surface area contributed by atoms with E-state index in [1.54, 1.807) is 0 Å². The topological polar surface area (TPSA) is 32.6 Å². The number of allylic oxidation sites excluding steroid dienone is 1. The molecule has 2 nitrogen and oxygen atoms in total. The van der Waals surface area contributed by atoms with E-state index in [0.29, 0.717) is 18.4 Å². The van der Waals surface area contributed by atoms with Crippen LogP contribution in [0.2, 0.25) is 0 Å². The van der Waals surface area contributed by atoms with Crippen molar-refractivity contribution in [3.05, 3.63) is 12.2 Å². The van der Waals surface area contributed by atoms with Crippen LogP contribution in [0.3, 0.4) is 0 Å². The van der Waals surface area contributed by atoms with Crippen molar-refractivity contribution < 1.29 is 18.3 Å². The Hall–Kier alpha value is -0.840. The van der Waals surface area contributed by atoms with Crippen molar-refractivity contribution in [2.45, 2.75) is 84.4 Å². The zero-order valence-corrected chi connectivity index (χ0v) is 18.2. The number of nitrogens with zero attached hydrogens (tertiary/aromatic N) is 1. The summed E-state index contributed by atoms with van der Waals surface area (Å²) in [6.07, 6.45) is 5.28. The molecule has 2 saturated carbocycles. The molecule has 0 spiro atoms. The van der Waals surface area contributed by atoms with Crippen molar-refractivity contribution in [3.63, 3.8) is 0 Å². The van der Waals surface area contributed by atoms with E-state index in [9.17, 15) is 18.3 Å². The molecular formula is C24H38F3NO. The Bertz CT molecular complexity index is 599. The Labute approximate surface area is 174 Å². The van der Waals surface area contributed by atoms with Gasteiger partial charge in [-0.25, -0.2) is 0 Å². The highest BCUT2D eigenvalue weighted by Gasteiger charge is 2.46. The second-order valence-corrected chi connectivity index (χ2v) is 10.2. The average molecular weight is 414 g/mol. The molecule has 29 heavy (non-hydrogen) atoms. The third kappa shape index (κ3) is 6.08. The predicted octanol–water partition coefficient (Wildman–Crippen LogP) is 6.44. The summed E-state index contributed by atoms with van der Waals surface area (Å²) in [7, 11) is 0. The first-order chi connectivity index (χ1) is 13.6. The van der Waals surface area contributed by atoms with Crippen molar-refractivity contribution in [1.29, 1.82) is 0 Å². The van der Waals surface area contributed by atoms with Gasteiger partial charge in [-0.15, -0.1) is 0 Å². The van der Waals surface area contributed by atoms with Gasteiger partial charge >= 0.3 is 6.18 Å². The molecular weight excluding hydrogens is 375 g/mol. The fraction of sp³-hybridized carbons (Fsp3) is 0.875. The molecule has 3 aliphatic rings. The second-order valence-electron chi connectivity index (χ2n) is 10.2. The zero-order chi connectivity index (χ0) is 21.2. The van der Waals surface area contributed by atoms with E-state index in [1.165, 1.54) is 0 Å². The number of halogens is 3. The van der Waals surface area contributed by atoms with Crippen LogP contribution in [-0.4, -0.2) is 29.6 Å². The maximum Gasteiger partial charge on any atom is 0.391 e. The fourth-order valence-corrected chi connectivity index (χ4v) is 5.77. The molecule has 5 heteroatoms. The van der Waals surface area contributed by atoms with Gasteiger partial charge in [0.05, 0.1) is 12.0 Å². The van der Waals surface area contributed by atoms with Gasteiger partial charge in [0.25, 0.3) is 0 Å². The van der Waals surface area contributed by atoms with Crippen LogP contribution < -0.4 is 0 Å². The van der Waals surface area contributed by atoms with Crippen LogP contribution in [0.15, 0.2) is 17.1 Å². The van der Waals surface area contributed by atoms with E-state index >= 15 is 0 Å². The minimum atomic E-state index is -4.13. The van der Waals surface area contributed by atoms with Gasteiger partial charge in [0, 0.05) is 12.3 Å². The number of aliphatic hydroxyl groups excluding tert-OH is 1. The number of aliphatic hydroxyl groups is 1. The maximum atomic E-state index is 13.6. The van der Waals surface area contributed by atoms with E-state index in [4.69, 9.17) is 0 Å². The molecule has 0 saturated heterocycles. The molecule has 0 aromatic heterocycles. The number of rotatable bonds is 4. The van der Waals surface area contributed by atoms with Gasteiger partial charge in [0.15, 0.2) is 0 Å². The third-order valence-electron chi connectivity index (χ3n) is 8.08. The Morgan fingerprint density at radius 2 is 1.76 bits per heavy atom. The van der Waals surface area contributed by atoms with Crippen molar-refractivity contribution in [2.75, 3.05) is 6.54 Å². The highest BCUT2D eigenvalue weighted by Crippen LogP contribution is 2.46. The van der Waals surface area contributed by atoms with E-state index in [0.717, 1.165) is 44.2 Å². The molecule has 2 aliphatic carbocycles. The molecule has 0 bridgehead atoms. The molecule has 8 unspecified atom stereocenters. The Morgan fingerprint density at radius 3 is 2.38 bits per heavy atom. The lowest BCUT2D eigenvalue weighted by Gasteiger charge is -2.39. The number of hydrogen-bond acceptors (Lipinski definition) is 2. The van der Waals surface area contributed by atoms with Gasteiger partial charge in [-0.1, -0.05) is 32.4 Å². The summed E-state index contributed by atoms with van der Waals surface area (Å²) < 4.78 is 40.8. The summed E-state index contributed by atoms with van der Waals surface area (Å²) >= 11 is 0. The summed E-state index contributed by atoms with van der Waals surface area (Å²) in [6, 6.07) is 0. The summed E-state index contributed by atoms with van der Waals surface area (Å²) in [5, 5.41) is 10.7. The molecule has 1 N–H and O–H groups in total. The third-order valence-corrected chi connectivity index (χ3v) is 8.08. The quantitative estimate of drug-likeness (QED) is 0.528. The second kappa shape index (κ2) is 9.53. The van der Waals surface area contributed by atoms with Gasteiger partial charge < -0.3 is 5.11 Å². The molecule has 1 heterocycles. The summed E-state index contributed by atoms with van der Waals surface area (Å²) in [5.41, 5.74) is 1.13. The lowest BCUT2D eigenvalue weighted by atomic mass is 9.68. The first-order valence-corrected chi connectivity index (χ1v) is 11.6. The normalized spacial score (nSPS) is 40.7. The summed E-state index contributed by atoms with van der Waals surface area (Å²) in [4.78, 5) is 4.52. The van der Waals surface area contributed by atoms with E-state index in [1.807, 2.05) is 19.1 Å². The summed E-state index contributed by atoms with van der Waals surface area (Å²) in [5.74, 6) is 0.556. The number of alkyl halides is 3. The lowest BCUT2D eigenvalue weighted by molar-refractivity contribution is -0.190. The minimum absolute atomic E-state index is 0.0783. The first kappa shape index (κ1) is 22.8. The molecule has 0 radical (unpaired) electrons. The number of aliphatic imine (C=N–C) groups is 1. The molecule has 2 fully saturated rings. The fourth-order valence-electron chi connectivity index (χ4n) is 5.77. The van der Waals surface area contributed by atoms with Crippen molar-refractivity contribution in [2.24, 2.45) is 46.4 Å². The van der Waals surface area contributed by atoms with Crippen molar-refractivity contribution in [1.82, 2.24) is 0 Å². The SMILES string of the molecule is CC1=NCC(C2CC(C=CC(O)C3CCC(C)C(C)C3)CC(C(F)(F)F)C2)CC1. The highest BCUT2D eigenvalue weighted by atomic mass is 19.4. The molecule has 3 rings (SSSR count). The molecule has 1 aliphatic heterocycles. The zero-order valence-electron chi connectivity index (χ0n) is 18.2. The first-order valence-electron chi connectivity index (χ1n) is 11.6. The van der Waals surface area contributed by atoms with Gasteiger partial charge in [-0.3, -0.25) is 4.99 Å². The smallest absolute Gasteiger partial charge is 0.389 e.